The number of aromatic nitrogens is 3. The van der Waals surface area contributed by atoms with Crippen LogP contribution in [0.3, 0.4) is 0 Å². The third kappa shape index (κ3) is 6.76. The van der Waals surface area contributed by atoms with E-state index in [0.29, 0.717) is 74.2 Å². The Kier molecular flexibility index (Phi) is 10.3. The molecule has 3 aromatic rings. The van der Waals surface area contributed by atoms with Crippen molar-refractivity contribution >= 4 is 43.2 Å². The van der Waals surface area contributed by atoms with Crippen LogP contribution in [0.25, 0.3) is 0 Å². The number of carbonyl (C=O) groups excluding carboxylic acids is 3. The number of amides is 2. The zero-order valence-corrected chi connectivity index (χ0v) is 30.1. The van der Waals surface area contributed by atoms with Gasteiger partial charge in [0.05, 0.1) is 36.0 Å². The summed E-state index contributed by atoms with van der Waals surface area (Å²) in [6, 6.07) is 15.3. The summed E-state index contributed by atoms with van der Waals surface area (Å²) in [4.78, 5) is 53.4. The van der Waals surface area contributed by atoms with Crippen LogP contribution in [0.1, 0.15) is 62.3 Å². The number of aliphatic hydroxyl groups is 1. The highest BCUT2D eigenvalue weighted by Gasteiger charge is 2.66. The van der Waals surface area contributed by atoms with Gasteiger partial charge in [-0.25, -0.2) is 5.01 Å². The van der Waals surface area contributed by atoms with Gasteiger partial charge in [0.2, 0.25) is 5.91 Å². The highest BCUT2D eigenvalue weighted by Crippen LogP contribution is 2.60. The van der Waals surface area contributed by atoms with E-state index in [9.17, 15) is 24.3 Å². The first kappa shape index (κ1) is 35.6. The largest absolute Gasteiger partial charge is 0.469 e. The fourth-order valence-electron chi connectivity index (χ4n) is 7.86. The summed E-state index contributed by atoms with van der Waals surface area (Å²) in [5, 5.41) is 23.9. The Labute approximate surface area is 293 Å². The molecule has 0 unspecified atom stereocenters. The van der Waals surface area contributed by atoms with E-state index in [1.807, 2.05) is 68.5 Å². The number of methoxy groups -OCH3 is 1. The minimum atomic E-state index is -2.93. The number of benzene rings is 2. The number of nitrogens with zero attached hydrogens (tertiary/aromatic N) is 6. The lowest BCUT2D eigenvalue weighted by Crippen LogP contribution is -2.46. The second kappa shape index (κ2) is 14.5. The fourth-order valence-corrected chi connectivity index (χ4v) is 10.5. The highest BCUT2D eigenvalue weighted by molar-refractivity contribution is 6.71. The van der Waals surface area contributed by atoms with Crippen molar-refractivity contribution in [1.82, 2.24) is 15.0 Å². The molecule has 3 aliphatic rings. The molecule has 1 fully saturated rings. The number of hydrogen-bond donors (Lipinski definition) is 2. The smallest absolute Gasteiger partial charge is 0.305 e. The van der Waals surface area contributed by atoms with Crippen LogP contribution in [0.4, 0.5) is 11.4 Å². The summed E-state index contributed by atoms with van der Waals surface area (Å²) < 4.78 is 13.5. The summed E-state index contributed by atoms with van der Waals surface area (Å²) in [6.45, 7) is 6.53. The molecule has 4 atom stereocenters. The summed E-state index contributed by atoms with van der Waals surface area (Å²) in [6.07, 6.45) is 4.38. The average Bonchev–Trinajstić information content (AvgIpc) is 3.75. The minimum absolute atomic E-state index is 0.0263. The molecule has 0 aliphatic carbocycles. The number of hydrazone groups is 1. The molecular weight excluding hydrogens is 657 g/mol. The number of fused-ring (bicyclic) bond motifs is 2. The van der Waals surface area contributed by atoms with Crippen molar-refractivity contribution in [2.24, 2.45) is 11.0 Å². The molecule has 4 heterocycles. The number of rotatable bonds is 13. The lowest BCUT2D eigenvalue weighted by Gasteiger charge is -2.32. The van der Waals surface area contributed by atoms with Gasteiger partial charge in [-0.3, -0.25) is 19.1 Å². The van der Waals surface area contributed by atoms with E-state index in [1.54, 1.807) is 15.8 Å². The molecule has 2 aromatic carbocycles. The molecule has 50 heavy (non-hydrogen) atoms. The first-order chi connectivity index (χ1) is 24.0. The van der Waals surface area contributed by atoms with Crippen molar-refractivity contribution in [1.29, 1.82) is 0 Å². The lowest BCUT2D eigenvalue weighted by atomic mass is 9.82. The highest BCUT2D eigenvalue weighted by atomic mass is 28.4. The van der Waals surface area contributed by atoms with Gasteiger partial charge in [0.1, 0.15) is 0 Å². The zero-order valence-electron chi connectivity index (χ0n) is 29.1. The minimum Gasteiger partial charge on any atom is -0.469 e. The standard InChI is InChI=1S/C36H46N6O7Si/c1-24-34(50(3,4)47)31(17-20-40-23-26(18-21-43)37-39-40)49-36(24)28-22-27(42-32(44)16-14-29(38-42)25-10-6-5-7-11-25)13-15-30(28)41(35(36)46)19-9-8-12-33(45)48-2/h5-7,10-11,13,15,22-24,31,34,43,47H,8-9,12,14,16-21H2,1-4H3/t24-,31+,34-,36+/m0/s1. The molecule has 266 valence electrons. The van der Waals surface area contributed by atoms with E-state index < -0.39 is 25.9 Å². The number of esters is 1. The maximum absolute atomic E-state index is 14.8. The predicted molar refractivity (Wildman–Crippen MR) is 189 cm³/mol. The van der Waals surface area contributed by atoms with E-state index in [-0.39, 0.29) is 36.4 Å². The van der Waals surface area contributed by atoms with Gasteiger partial charge in [0.15, 0.2) is 13.9 Å². The molecule has 13 nitrogen and oxygen atoms in total. The summed E-state index contributed by atoms with van der Waals surface area (Å²) in [7, 11) is -1.57. The van der Waals surface area contributed by atoms with Crippen LogP contribution in [0.15, 0.2) is 59.8 Å². The number of carbonyl (C=O) groups is 3. The first-order valence-electron chi connectivity index (χ1n) is 17.4. The average molecular weight is 703 g/mol. The van der Waals surface area contributed by atoms with Gasteiger partial charge in [0.25, 0.3) is 5.91 Å². The number of aryl methyl sites for hydroxylation is 1. The Balaban J connectivity index is 1.38. The molecule has 0 radical (unpaired) electrons. The van der Waals surface area contributed by atoms with Crippen LogP contribution in [-0.4, -0.2) is 83.1 Å². The Hall–Kier alpha value is -4.24. The van der Waals surface area contributed by atoms with Crippen LogP contribution < -0.4 is 9.91 Å². The van der Waals surface area contributed by atoms with Crippen molar-refractivity contribution in [2.45, 2.75) is 88.8 Å². The van der Waals surface area contributed by atoms with Crippen molar-refractivity contribution in [2.75, 3.05) is 30.2 Å². The lowest BCUT2D eigenvalue weighted by molar-refractivity contribution is -0.146. The van der Waals surface area contributed by atoms with Crippen LogP contribution in [0.5, 0.6) is 0 Å². The molecule has 3 aliphatic heterocycles. The quantitative estimate of drug-likeness (QED) is 0.153. The third-order valence-electron chi connectivity index (χ3n) is 10.2. The molecule has 0 bridgehead atoms. The number of anilines is 2. The SMILES string of the molecule is COC(=O)CCCCN1C(=O)[C@]2(O[C@H](CCn3cc(CCO)nn3)[C@@H]([Si](C)(C)O)[C@@H]2C)c2cc(N3N=C(c4ccccc4)CCC3=O)ccc21. The van der Waals surface area contributed by atoms with Crippen LogP contribution in [0.2, 0.25) is 18.6 Å². The van der Waals surface area contributed by atoms with Crippen LogP contribution in [-0.2, 0) is 42.4 Å². The Morgan fingerprint density at radius 2 is 1.88 bits per heavy atom. The second-order valence-electron chi connectivity index (χ2n) is 13.9. The molecule has 0 saturated carbocycles. The predicted octanol–water partition coefficient (Wildman–Crippen LogP) is 3.92. The number of hydrogen-bond acceptors (Lipinski definition) is 10. The van der Waals surface area contributed by atoms with Gasteiger partial charge in [-0.05, 0) is 56.1 Å². The normalized spacial score (nSPS) is 23.5. The van der Waals surface area contributed by atoms with E-state index in [2.05, 4.69) is 10.3 Å². The molecule has 6 rings (SSSR count). The Morgan fingerprint density at radius 3 is 2.60 bits per heavy atom. The fraction of sp³-hybridized carbons (Fsp3) is 0.500. The van der Waals surface area contributed by atoms with E-state index in [1.165, 1.54) is 12.1 Å². The molecule has 1 spiro atoms. The molecule has 14 heteroatoms. The van der Waals surface area contributed by atoms with Crippen LogP contribution in [0, 0.1) is 5.92 Å². The number of aliphatic hydroxyl groups excluding tert-OH is 1. The number of unbranched alkanes of at least 4 members (excludes halogenated alkanes) is 1. The van der Waals surface area contributed by atoms with Crippen LogP contribution >= 0.6 is 0 Å². The van der Waals surface area contributed by atoms with Gasteiger partial charge >= 0.3 is 5.97 Å². The topological polar surface area (TPSA) is 160 Å². The molecule has 2 N–H and O–H groups in total. The third-order valence-corrected chi connectivity index (χ3v) is 12.7. The Bertz CT molecular complexity index is 1760. The monoisotopic (exact) mass is 702 g/mol. The van der Waals surface area contributed by atoms with Gasteiger partial charge in [-0.2, -0.15) is 5.10 Å². The summed E-state index contributed by atoms with van der Waals surface area (Å²) >= 11 is 0. The van der Waals surface area contributed by atoms with Gasteiger partial charge in [-0.15, -0.1) is 5.10 Å². The Morgan fingerprint density at radius 1 is 1.10 bits per heavy atom. The maximum Gasteiger partial charge on any atom is 0.305 e. The zero-order chi connectivity index (χ0) is 35.6. The van der Waals surface area contributed by atoms with E-state index in [4.69, 9.17) is 14.6 Å². The molecular formula is C36H46N6O7Si. The summed E-state index contributed by atoms with van der Waals surface area (Å²) in [5.41, 5.74) is 2.58. The van der Waals surface area contributed by atoms with Gasteiger partial charge in [0, 0.05) is 68.6 Å². The first-order valence-corrected chi connectivity index (χ1v) is 20.4. The van der Waals surface area contributed by atoms with Crippen molar-refractivity contribution in [3.63, 3.8) is 0 Å². The number of ether oxygens (including phenoxy) is 2. The van der Waals surface area contributed by atoms with E-state index in [0.717, 1.165) is 11.3 Å². The van der Waals surface area contributed by atoms with Crippen molar-refractivity contribution < 1.29 is 33.8 Å². The van der Waals surface area contributed by atoms with E-state index >= 15 is 0 Å². The van der Waals surface area contributed by atoms with Crippen molar-refractivity contribution in [3.8, 4) is 0 Å². The summed E-state index contributed by atoms with van der Waals surface area (Å²) in [5.74, 6) is -1.06. The second-order valence-corrected chi connectivity index (χ2v) is 17.9. The molecule has 2 amide bonds. The van der Waals surface area contributed by atoms with Crippen molar-refractivity contribution in [3.05, 3.63) is 71.5 Å². The molecule has 1 saturated heterocycles. The van der Waals surface area contributed by atoms with Gasteiger partial charge < -0.3 is 24.3 Å². The maximum atomic E-state index is 14.8. The van der Waals surface area contributed by atoms with Gasteiger partial charge in [-0.1, -0.05) is 42.5 Å². The molecule has 1 aromatic heterocycles.